The molecule has 1 saturated heterocycles. The zero-order chi connectivity index (χ0) is 14.8. The van der Waals surface area contributed by atoms with Crippen LogP contribution in [-0.2, 0) is 16.1 Å². The van der Waals surface area contributed by atoms with Crippen molar-refractivity contribution in [1.29, 1.82) is 0 Å². The lowest BCUT2D eigenvalue weighted by Gasteiger charge is -2.16. The van der Waals surface area contributed by atoms with Crippen LogP contribution in [-0.4, -0.2) is 16.7 Å². The number of halogens is 1. The van der Waals surface area contributed by atoms with Gasteiger partial charge in [0, 0.05) is 10.9 Å². The summed E-state index contributed by atoms with van der Waals surface area (Å²) in [6.07, 6.45) is 0.257. The summed E-state index contributed by atoms with van der Waals surface area (Å²) in [7, 11) is 0. The van der Waals surface area contributed by atoms with E-state index in [2.05, 4.69) is 15.9 Å². The number of hydrogen-bond acceptors (Lipinski definition) is 2. The van der Waals surface area contributed by atoms with Gasteiger partial charge < -0.3 is 0 Å². The molecule has 1 aliphatic rings. The van der Waals surface area contributed by atoms with E-state index in [1.165, 1.54) is 4.90 Å². The van der Waals surface area contributed by atoms with Crippen molar-refractivity contribution in [3.8, 4) is 0 Å². The Balaban J connectivity index is 1.83. The number of nitrogens with zero attached hydrogens (tertiary/aromatic N) is 1. The monoisotopic (exact) mass is 343 g/mol. The summed E-state index contributed by atoms with van der Waals surface area (Å²) < 4.78 is 0.911. The van der Waals surface area contributed by atoms with Crippen molar-refractivity contribution in [1.82, 2.24) is 4.90 Å². The van der Waals surface area contributed by atoms with E-state index >= 15 is 0 Å². The zero-order valence-corrected chi connectivity index (χ0v) is 12.9. The molecule has 2 aromatic rings. The van der Waals surface area contributed by atoms with E-state index in [4.69, 9.17) is 0 Å². The van der Waals surface area contributed by atoms with Gasteiger partial charge in [-0.2, -0.15) is 0 Å². The van der Waals surface area contributed by atoms with E-state index < -0.39 is 0 Å². The van der Waals surface area contributed by atoms with E-state index in [9.17, 15) is 9.59 Å². The average molecular weight is 344 g/mol. The largest absolute Gasteiger partial charge is 0.278 e. The van der Waals surface area contributed by atoms with Crippen LogP contribution in [0, 0.1) is 0 Å². The van der Waals surface area contributed by atoms with Crippen molar-refractivity contribution < 1.29 is 9.59 Å². The van der Waals surface area contributed by atoms with Crippen molar-refractivity contribution in [2.24, 2.45) is 0 Å². The molecule has 1 aliphatic heterocycles. The minimum atomic E-state index is -0.346. The number of carbonyl (C=O) groups is 2. The fourth-order valence-electron chi connectivity index (χ4n) is 2.59. The van der Waals surface area contributed by atoms with Crippen LogP contribution in [0.1, 0.15) is 23.5 Å². The number of benzene rings is 2. The fourth-order valence-corrected chi connectivity index (χ4v) is 3.00. The van der Waals surface area contributed by atoms with Crippen molar-refractivity contribution in [2.75, 3.05) is 0 Å². The summed E-state index contributed by atoms with van der Waals surface area (Å²) in [5.74, 6) is -0.562. The topological polar surface area (TPSA) is 37.4 Å². The summed E-state index contributed by atoms with van der Waals surface area (Å²) in [5, 5.41) is 0. The second-order valence-electron chi connectivity index (χ2n) is 5.08. The van der Waals surface area contributed by atoms with Gasteiger partial charge >= 0.3 is 0 Å². The first-order valence-corrected chi connectivity index (χ1v) is 7.58. The first kappa shape index (κ1) is 14.0. The Bertz CT molecular complexity index is 684. The van der Waals surface area contributed by atoms with Gasteiger partial charge in [-0.3, -0.25) is 14.5 Å². The summed E-state index contributed by atoms with van der Waals surface area (Å²) in [6, 6.07) is 17.1. The summed E-state index contributed by atoms with van der Waals surface area (Å²) in [5.41, 5.74) is 1.85. The van der Waals surface area contributed by atoms with Crippen LogP contribution >= 0.6 is 15.9 Å². The quantitative estimate of drug-likeness (QED) is 0.800. The Hall–Kier alpha value is -1.94. The molecular formula is C17H14BrNO2. The van der Waals surface area contributed by atoms with E-state index in [0.717, 1.165) is 15.6 Å². The maximum atomic E-state index is 12.5. The standard InChI is InChI=1S/C17H14BrNO2/c18-15-9-5-4-8-13(15)11-19-16(20)10-14(17(19)21)12-6-2-1-3-7-12/h1-9,14H,10-11H2. The molecule has 106 valence electrons. The van der Waals surface area contributed by atoms with Crippen molar-refractivity contribution in [2.45, 2.75) is 18.9 Å². The third-order valence-corrected chi connectivity index (χ3v) is 4.51. The molecule has 0 aromatic heterocycles. The van der Waals surface area contributed by atoms with Crippen LogP contribution in [0.5, 0.6) is 0 Å². The molecule has 1 atom stereocenters. The second kappa shape index (κ2) is 5.82. The van der Waals surface area contributed by atoms with Gasteiger partial charge in [-0.1, -0.05) is 64.5 Å². The molecule has 3 nitrogen and oxygen atoms in total. The molecule has 3 rings (SSSR count). The average Bonchev–Trinajstić information content (AvgIpc) is 2.78. The number of rotatable bonds is 3. The fraction of sp³-hybridized carbons (Fsp3) is 0.176. The minimum absolute atomic E-state index is 0.107. The number of likely N-dealkylation sites (tertiary alicyclic amines) is 1. The highest BCUT2D eigenvalue weighted by Crippen LogP contribution is 2.31. The van der Waals surface area contributed by atoms with E-state index in [1.54, 1.807) is 0 Å². The van der Waals surface area contributed by atoms with Crippen LogP contribution < -0.4 is 0 Å². The number of hydrogen-bond donors (Lipinski definition) is 0. The Morgan fingerprint density at radius 2 is 1.67 bits per heavy atom. The molecule has 0 aliphatic carbocycles. The molecule has 1 fully saturated rings. The van der Waals surface area contributed by atoms with Crippen LogP contribution in [0.25, 0.3) is 0 Å². The minimum Gasteiger partial charge on any atom is -0.278 e. The third kappa shape index (κ3) is 2.76. The third-order valence-electron chi connectivity index (χ3n) is 3.73. The van der Waals surface area contributed by atoms with Crippen LogP contribution in [0.4, 0.5) is 0 Å². The zero-order valence-electron chi connectivity index (χ0n) is 11.3. The lowest BCUT2D eigenvalue weighted by atomic mass is 9.98. The molecule has 1 unspecified atom stereocenters. The Kier molecular flexibility index (Phi) is 3.88. The Morgan fingerprint density at radius 1 is 1.00 bits per heavy atom. The smallest absolute Gasteiger partial charge is 0.237 e. The normalized spacial score (nSPS) is 18.3. The first-order chi connectivity index (χ1) is 10.2. The van der Waals surface area contributed by atoms with Gasteiger partial charge in [-0.25, -0.2) is 0 Å². The highest BCUT2D eigenvalue weighted by molar-refractivity contribution is 9.10. The van der Waals surface area contributed by atoms with Gasteiger partial charge in [0.2, 0.25) is 11.8 Å². The molecule has 1 heterocycles. The molecule has 2 aromatic carbocycles. The lowest BCUT2D eigenvalue weighted by Crippen LogP contribution is -2.29. The summed E-state index contributed by atoms with van der Waals surface area (Å²) in [4.78, 5) is 26.1. The molecule has 0 spiro atoms. The summed E-state index contributed by atoms with van der Waals surface area (Å²) in [6.45, 7) is 0.322. The molecular weight excluding hydrogens is 330 g/mol. The molecule has 0 N–H and O–H groups in total. The predicted molar refractivity (Wildman–Crippen MR) is 83.5 cm³/mol. The van der Waals surface area contributed by atoms with E-state index in [-0.39, 0.29) is 24.2 Å². The molecule has 0 radical (unpaired) electrons. The maximum absolute atomic E-state index is 12.5. The van der Waals surface area contributed by atoms with E-state index in [0.29, 0.717) is 6.54 Å². The molecule has 21 heavy (non-hydrogen) atoms. The van der Waals surface area contributed by atoms with Gasteiger partial charge in [-0.15, -0.1) is 0 Å². The SMILES string of the molecule is O=C1CC(c2ccccc2)C(=O)N1Cc1ccccc1Br. The van der Waals surface area contributed by atoms with Crippen molar-refractivity contribution in [3.05, 3.63) is 70.2 Å². The highest BCUT2D eigenvalue weighted by atomic mass is 79.9. The molecule has 4 heteroatoms. The van der Waals surface area contributed by atoms with Gasteiger partial charge in [0.15, 0.2) is 0 Å². The maximum Gasteiger partial charge on any atom is 0.237 e. The van der Waals surface area contributed by atoms with Gasteiger partial charge in [-0.05, 0) is 17.2 Å². The van der Waals surface area contributed by atoms with Crippen molar-refractivity contribution in [3.63, 3.8) is 0 Å². The molecule has 2 amide bonds. The lowest BCUT2D eigenvalue weighted by molar-refractivity contribution is -0.139. The van der Waals surface area contributed by atoms with E-state index in [1.807, 2.05) is 54.6 Å². The second-order valence-corrected chi connectivity index (χ2v) is 5.93. The van der Waals surface area contributed by atoms with Crippen molar-refractivity contribution >= 4 is 27.7 Å². The molecule has 0 saturated carbocycles. The Morgan fingerprint density at radius 3 is 2.38 bits per heavy atom. The number of amides is 2. The Labute approximate surface area is 131 Å². The van der Waals surface area contributed by atoms with Gasteiger partial charge in [0.25, 0.3) is 0 Å². The van der Waals surface area contributed by atoms with Crippen LogP contribution in [0.2, 0.25) is 0 Å². The van der Waals surface area contributed by atoms with Gasteiger partial charge in [0.1, 0.15) is 0 Å². The summed E-state index contributed by atoms with van der Waals surface area (Å²) >= 11 is 3.45. The van der Waals surface area contributed by atoms with Crippen LogP contribution in [0.3, 0.4) is 0 Å². The highest BCUT2D eigenvalue weighted by Gasteiger charge is 2.39. The molecule has 0 bridgehead atoms. The number of carbonyl (C=O) groups excluding carboxylic acids is 2. The first-order valence-electron chi connectivity index (χ1n) is 6.79. The predicted octanol–water partition coefficient (Wildman–Crippen LogP) is 3.49. The van der Waals surface area contributed by atoms with Gasteiger partial charge in [0.05, 0.1) is 12.5 Å². The number of imide groups is 1. The van der Waals surface area contributed by atoms with Crippen LogP contribution in [0.15, 0.2) is 59.1 Å².